The lowest BCUT2D eigenvalue weighted by Crippen LogP contribution is -2.54. The predicted molar refractivity (Wildman–Crippen MR) is 91.8 cm³/mol. The van der Waals surface area contributed by atoms with Gasteiger partial charge in [-0.1, -0.05) is 6.07 Å². The van der Waals surface area contributed by atoms with Crippen LogP contribution in [-0.2, 0) is 11.3 Å². The van der Waals surface area contributed by atoms with E-state index >= 15 is 0 Å². The zero-order chi connectivity index (χ0) is 17.2. The van der Waals surface area contributed by atoms with E-state index in [4.69, 9.17) is 4.74 Å². The third-order valence-electron chi connectivity index (χ3n) is 3.73. The number of carbonyl (C=O) groups excluding carboxylic acids is 1. The third-order valence-corrected chi connectivity index (χ3v) is 4.37. The second-order valence-electron chi connectivity index (χ2n) is 7.01. The second-order valence-corrected chi connectivity index (χ2v) is 7.86. The van der Waals surface area contributed by atoms with E-state index in [1.807, 2.05) is 33.8 Å². The van der Waals surface area contributed by atoms with Gasteiger partial charge in [0.05, 0.1) is 4.47 Å². The van der Waals surface area contributed by atoms with Gasteiger partial charge in [0, 0.05) is 32.2 Å². The molecule has 0 spiro atoms. The summed E-state index contributed by atoms with van der Waals surface area (Å²) in [6, 6.07) is 5.26. The number of piperazine rings is 1. The fraction of sp³-hybridized carbons (Fsp3) is 0.588. The van der Waals surface area contributed by atoms with Crippen molar-refractivity contribution in [3.63, 3.8) is 0 Å². The summed E-state index contributed by atoms with van der Waals surface area (Å²) < 4.78 is 19.5. The van der Waals surface area contributed by atoms with E-state index in [-0.39, 0.29) is 18.0 Å². The summed E-state index contributed by atoms with van der Waals surface area (Å²) in [6.07, 6.45) is -0.265. The zero-order valence-corrected chi connectivity index (χ0v) is 15.7. The van der Waals surface area contributed by atoms with Gasteiger partial charge < -0.3 is 9.64 Å². The first kappa shape index (κ1) is 18.2. The lowest BCUT2D eigenvalue weighted by Gasteiger charge is -2.40. The topological polar surface area (TPSA) is 32.8 Å². The quantitative estimate of drug-likeness (QED) is 0.768. The highest BCUT2D eigenvalue weighted by atomic mass is 79.9. The number of nitrogens with zero attached hydrogens (tertiary/aromatic N) is 2. The summed E-state index contributed by atoms with van der Waals surface area (Å²) in [5.74, 6) is -0.247. The molecule has 1 atom stereocenters. The lowest BCUT2D eigenvalue weighted by molar-refractivity contribution is 0.000559. The Labute approximate surface area is 145 Å². The summed E-state index contributed by atoms with van der Waals surface area (Å²) in [4.78, 5) is 16.2. The lowest BCUT2D eigenvalue weighted by atomic mass is 10.1. The van der Waals surface area contributed by atoms with Crippen LogP contribution in [0.1, 0.15) is 33.3 Å². The Morgan fingerprint density at radius 3 is 2.65 bits per heavy atom. The molecule has 23 heavy (non-hydrogen) atoms. The average Bonchev–Trinajstić information content (AvgIpc) is 2.41. The molecule has 4 nitrogen and oxygen atoms in total. The van der Waals surface area contributed by atoms with Gasteiger partial charge >= 0.3 is 6.09 Å². The summed E-state index contributed by atoms with van der Waals surface area (Å²) in [5, 5.41) is 0. The molecule has 1 aromatic rings. The number of hydrogen-bond acceptors (Lipinski definition) is 3. The van der Waals surface area contributed by atoms with Gasteiger partial charge in [0.25, 0.3) is 0 Å². The molecule has 0 radical (unpaired) electrons. The van der Waals surface area contributed by atoms with Gasteiger partial charge in [-0.25, -0.2) is 9.18 Å². The SMILES string of the molecule is C[C@H]1CN(Cc2ccc(Br)c(F)c2)CCN1C(=O)OC(C)(C)C. The average molecular weight is 387 g/mol. The van der Waals surface area contributed by atoms with Gasteiger partial charge in [-0.15, -0.1) is 0 Å². The maximum absolute atomic E-state index is 13.6. The molecule has 1 saturated heterocycles. The van der Waals surface area contributed by atoms with Gasteiger partial charge in [0.1, 0.15) is 11.4 Å². The highest BCUT2D eigenvalue weighted by Gasteiger charge is 2.30. The largest absolute Gasteiger partial charge is 0.444 e. The number of carbonyl (C=O) groups is 1. The molecule has 1 heterocycles. The first-order valence-corrected chi connectivity index (χ1v) is 8.61. The van der Waals surface area contributed by atoms with Crippen LogP contribution >= 0.6 is 15.9 Å². The van der Waals surface area contributed by atoms with Crippen molar-refractivity contribution in [2.24, 2.45) is 0 Å². The molecule has 128 valence electrons. The molecule has 0 bridgehead atoms. The number of halogens is 2. The Hall–Kier alpha value is -1.14. The number of rotatable bonds is 2. The molecule has 1 aliphatic heterocycles. The first-order chi connectivity index (χ1) is 10.7. The van der Waals surface area contributed by atoms with Gasteiger partial charge in [-0.05, 0) is 61.3 Å². The molecule has 0 aromatic heterocycles. The van der Waals surface area contributed by atoms with Crippen LogP contribution in [0.15, 0.2) is 22.7 Å². The van der Waals surface area contributed by atoms with Gasteiger partial charge in [0.15, 0.2) is 0 Å². The Kier molecular flexibility index (Phi) is 5.68. The number of amides is 1. The monoisotopic (exact) mass is 386 g/mol. The van der Waals surface area contributed by atoms with Crippen molar-refractivity contribution >= 4 is 22.0 Å². The normalized spacial score (nSPS) is 19.7. The summed E-state index contributed by atoms with van der Waals surface area (Å²) >= 11 is 3.17. The van der Waals surface area contributed by atoms with Crippen LogP contribution in [0, 0.1) is 5.82 Å². The molecule has 6 heteroatoms. The van der Waals surface area contributed by atoms with Crippen LogP contribution in [0.4, 0.5) is 9.18 Å². The van der Waals surface area contributed by atoms with Crippen LogP contribution in [0.3, 0.4) is 0 Å². The first-order valence-electron chi connectivity index (χ1n) is 7.81. The Bertz CT molecular complexity index is 574. The molecule has 0 unspecified atom stereocenters. The number of ether oxygens (including phenoxy) is 1. The summed E-state index contributed by atoms with van der Waals surface area (Å²) in [7, 11) is 0. The Balaban J connectivity index is 1.93. The van der Waals surface area contributed by atoms with Crippen molar-refractivity contribution < 1.29 is 13.9 Å². The predicted octanol–water partition coefficient (Wildman–Crippen LogP) is 4.03. The molecule has 0 N–H and O–H groups in total. The number of hydrogen-bond donors (Lipinski definition) is 0. The van der Waals surface area contributed by atoms with Crippen molar-refractivity contribution in [3.8, 4) is 0 Å². The van der Waals surface area contributed by atoms with E-state index < -0.39 is 5.60 Å². The van der Waals surface area contributed by atoms with Crippen molar-refractivity contribution in [3.05, 3.63) is 34.1 Å². The van der Waals surface area contributed by atoms with Gasteiger partial charge in [-0.3, -0.25) is 4.90 Å². The van der Waals surface area contributed by atoms with Crippen molar-refractivity contribution in [1.29, 1.82) is 0 Å². The van der Waals surface area contributed by atoms with E-state index in [9.17, 15) is 9.18 Å². The summed E-state index contributed by atoms with van der Waals surface area (Å²) in [6.45, 7) is 10.4. The fourth-order valence-electron chi connectivity index (χ4n) is 2.66. The van der Waals surface area contributed by atoms with E-state index in [2.05, 4.69) is 20.8 Å². The minimum absolute atomic E-state index is 0.0684. The molecular weight excluding hydrogens is 363 g/mol. The van der Waals surface area contributed by atoms with Crippen LogP contribution in [0.25, 0.3) is 0 Å². The molecule has 1 fully saturated rings. The summed E-state index contributed by atoms with van der Waals surface area (Å²) in [5.41, 5.74) is 0.451. The smallest absolute Gasteiger partial charge is 0.410 e. The minimum Gasteiger partial charge on any atom is -0.444 e. The van der Waals surface area contributed by atoms with Gasteiger partial charge in [0.2, 0.25) is 0 Å². The van der Waals surface area contributed by atoms with E-state index in [1.54, 1.807) is 17.0 Å². The third kappa shape index (κ3) is 5.18. The molecule has 1 amide bonds. The highest BCUT2D eigenvalue weighted by molar-refractivity contribution is 9.10. The second kappa shape index (κ2) is 7.18. The van der Waals surface area contributed by atoms with Crippen LogP contribution < -0.4 is 0 Å². The fourth-order valence-corrected chi connectivity index (χ4v) is 2.91. The Morgan fingerprint density at radius 1 is 1.39 bits per heavy atom. The van der Waals surface area contributed by atoms with Crippen molar-refractivity contribution in [2.75, 3.05) is 19.6 Å². The molecular formula is C17H24BrFN2O2. The number of benzene rings is 1. The zero-order valence-electron chi connectivity index (χ0n) is 14.1. The molecule has 1 aliphatic rings. The maximum atomic E-state index is 13.6. The molecule has 0 aliphatic carbocycles. The van der Waals surface area contributed by atoms with Crippen molar-refractivity contribution in [1.82, 2.24) is 9.80 Å². The Morgan fingerprint density at radius 2 is 2.09 bits per heavy atom. The van der Waals surface area contributed by atoms with E-state index in [0.29, 0.717) is 17.6 Å². The molecule has 1 aromatic carbocycles. The van der Waals surface area contributed by atoms with Crippen LogP contribution in [0.5, 0.6) is 0 Å². The molecule has 0 saturated carbocycles. The standard InChI is InChI=1S/C17H24BrFN2O2/c1-12-10-20(11-13-5-6-14(18)15(19)9-13)7-8-21(12)16(22)23-17(2,3)4/h5-6,9,12H,7-8,10-11H2,1-4H3/t12-/m0/s1. The maximum Gasteiger partial charge on any atom is 0.410 e. The minimum atomic E-state index is -0.483. The van der Waals surface area contributed by atoms with E-state index in [1.165, 1.54) is 0 Å². The van der Waals surface area contributed by atoms with Crippen LogP contribution in [0.2, 0.25) is 0 Å². The van der Waals surface area contributed by atoms with E-state index in [0.717, 1.165) is 18.7 Å². The van der Waals surface area contributed by atoms with Crippen molar-refractivity contribution in [2.45, 2.75) is 45.9 Å². The van der Waals surface area contributed by atoms with Crippen LogP contribution in [-0.4, -0.2) is 47.2 Å². The highest BCUT2D eigenvalue weighted by Crippen LogP contribution is 2.20. The van der Waals surface area contributed by atoms with Gasteiger partial charge in [-0.2, -0.15) is 0 Å². The molecule has 2 rings (SSSR count).